The number of benzene rings is 1. The molecule has 1 aromatic rings. The average Bonchev–Trinajstić information content (AvgIpc) is 3.31. The van der Waals surface area contributed by atoms with Crippen LogP contribution in [-0.4, -0.2) is 102 Å². The Hall–Kier alpha value is -3.32. The number of nitrogens with zero attached hydrogens (tertiary/aromatic N) is 3. The molecular formula is C22H31F2N3O8. The van der Waals surface area contributed by atoms with Crippen molar-refractivity contribution >= 4 is 24.1 Å². The third-order valence-corrected chi connectivity index (χ3v) is 5.49. The highest BCUT2D eigenvalue weighted by molar-refractivity contribution is 6.27. The van der Waals surface area contributed by atoms with Crippen LogP contribution in [0.25, 0.3) is 0 Å². The van der Waals surface area contributed by atoms with Gasteiger partial charge >= 0.3 is 17.9 Å². The Morgan fingerprint density at radius 2 is 1.60 bits per heavy atom. The van der Waals surface area contributed by atoms with Crippen LogP contribution in [0.2, 0.25) is 0 Å². The van der Waals surface area contributed by atoms with E-state index in [1.165, 1.54) is 17.1 Å². The molecule has 11 nitrogen and oxygen atoms in total. The Labute approximate surface area is 201 Å². The first-order valence-corrected chi connectivity index (χ1v) is 10.7. The third-order valence-electron chi connectivity index (χ3n) is 5.49. The summed E-state index contributed by atoms with van der Waals surface area (Å²) in [5.41, 5.74) is -1.17. The molecule has 0 atom stereocenters. The second-order valence-corrected chi connectivity index (χ2v) is 7.85. The molecule has 0 saturated heterocycles. The van der Waals surface area contributed by atoms with Crippen molar-refractivity contribution in [3.8, 4) is 5.75 Å². The molecule has 0 unspecified atom stereocenters. The maximum Gasteiger partial charge on any atom is 0.414 e. The molecule has 0 aromatic heterocycles. The SMILES string of the molecule is COCCN(C)CCOc1ccc(C=NN(C)C2(C(=O)O)CCCC2)c(F)c1F.O=C(O)C(=O)O. The molecule has 0 bridgehead atoms. The van der Waals surface area contributed by atoms with Gasteiger partial charge in [-0.3, -0.25) is 5.01 Å². The molecule has 1 saturated carbocycles. The minimum absolute atomic E-state index is 0.0718. The molecule has 0 aliphatic heterocycles. The number of ether oxygens (including phenoxy) is 2. The van der Waals surface area contributed by atoms with E-state index < -0.39 is 35.1 Å². The molecule has 1 aromatic carbocycles. The van der Waals surface area contributed by atoms with E-state index in [-0.39, 0.29) is 17.9 Å². The summed E-state index contributed by atoms with van der Waals surface area (Å²) in [4.78, 5) is 31.8. The summed E-state index contributed by atoms with van der Waals surface area (Å²) in [6.45, 7) is 2.02. The number of carboxylic acid groups (broad SMARTS) is 3. The summed E-state index contributed by atoms with van der Waals surface area (Å²) in [5.74, 6) is -6.95. The van der Waals surface area contributed by atoms with Crippen molar-refractivity contribution < 1.29 is 48.0 Å². The van der Waals surface area contributed by atoms with Gasteiger partial charge in [0.1, 0.15) is 6.61 Å². The van der Waals surface area contributed by atoms with E-state index in [0.717, 1.165) is 19.1 Å². The molecule has 1 fully saturated rings. The summed E-state index contributed by atoms with van der Waals surface area (Å²) >= 11 is 0. The second kappa shape index (κ2) is 14.2. The number of likely N-dealkylation sites (N-methyl/N-ethyl adjacent to an activating group) is 2. The first kappa shape index (κ1) is 29.7. The van der Waals surface area contributed by atoms with Crippen molar-refractivity contribution in [1.82, 2.24) is 9.91 Å². The minimum atomic E-state index is -1.82. The van der Waals surface area contributed by atoms with Crippen molar-refractivity contribution in [2.75, 3.05) is 47.5 Å². The average molecular weight is 503 g/mol. The highest BCUT2D eigenvalue weighted by Gasteiger charge is 2.45. The molecule has 1 aliphatic carbocycles. The molecule has 0 heterocycles. The lowest BCUT2D eigenvalue weighted by atomic mass is 9.98. The second-order valence-electron chi connectivity index (χ2n) is 7.85. The van der Waals surface area contributed by atoms with Crippen LogP contribution in [0.5, 0.6) is 5.75 Å². The van der Waals surface area contributed by atoms with Crippen LogP contribution < -0.4 is 4.74 Å². The van der Waals surface area contributed by atoms with E-state index in [0.29, 0.717) is 32.5 Å². The van der Waals surface area contributed by atoms with Crippen molar-refractivity contribution in [2.45, 2.75) is 31.2 Å². The van der Waals surface area contributed by atoms with Crippen LogP contribution >= 0.6 is 0 Å². The Bertz CT molecular complexity index is 895. The summed E-state index contributed by atoms with van der Waals surface area (Å²) < 4.78 is 39.0. The summed E-state index contributed by atoms with van der Waals surface area (Å²) in [5, 5.41) is 29.8. The van der Waals surface area contributed by atoms with Gasteiger partial charge in [-0.15, -0.1) is 0 Å². The first-order chi connectivity index (χ1) is 16.5. The van der Waals surface area contributed by atoms with E-state index in [2.05, 4.69) is 5.10 Å². The monoisotopic (exact) mass is 503 g/mol. The first-order valence-electron chi connectivity index (χ1n) is 10.7. The molecule has 3 N–H and O–H groups in total. The van der Waals surface area contributed by atoms with Gasteiger partial charge in [0.15, 0.2) is 17.1 Å². The number of hydrogen-bond acceptors (Lipinski definition) is 8. The number of aliphatic carboxylic acids is 3. The minimum Gasteiger partial charge on any atom is -0.489 e. The zero-order valence-corrected chi connectivity index (χ0v) is 19.9. The molecule has 13 heteroatoms. The fourth-order valence-electron chi connectivity index (χ4n) is 3.32. The Morgan fingerprint density at radius 1 is 1.03 bits per heavy atom. The van der Waals surface area contributed by atoms with E-state index in [1.54, 1.807) is 14.2 Å². The molecule has 196 valence electrons. The predicted octanol–water partition coefficient (Wildman–Crippen LogP) is 1.74. The predicted molar refractivity (Wildman–Crippen MR) is 121 cm³/mol. The zero-order valence-electron chi connectivity index (χ0n) is 19.9. The quantitative estimate of drug-likeness (QED) is 0.232. The number of hydrazone groups is 1. The Balaban J connectivity index is 0.000000905. The van der Waals surface area contributed by atoms with Crippen LogP contribution in [0.4, 0.5) is 8.78 Å². The smallest absolute Gasteiger partial charge is 0.414 e. The Morgan fingerprint density at radius 3 is 2.11 bits per heavy atom. The topological polar surface area (TPSA) is 149 Å². The van der Waals surface area contributed by atoms with Gasteiger partial charge in [0, 0.05) is 32.8 Å². The summed E-state index contributed by atoms with van der Waals surface area (Å²) in [6.07, 6.45) is 3.67. The van der Waals surface area contributed by atoms with Crippen molar-refractivity contribution in [3.63, 3.8) is 0 Å². The van der Waals surface area contributed by atoms with Crippen LogP contribution in [0.3, 0.4) is 0 Å². The highest BCUT2D eigenvalue weighted by atomic mass is 19.2. The highest BCUT2D eigenvalue weighted by Crippen LogP contribution is 2.35. The van der Waals surface area contributed by atoms with Gasteiger partial charge in [0.05, 0.1) is 12.8 Å². The van der Waals surface area contributed by atoms with Gasteiger partial charge in [-0.05, 0) is 32.0 Å². The summed E-state index contributed by atoms with van der Waals surface area (Å²) in [7, 11) is 5.03. The van der Waals surface area contributed by atoms with Crippen LogP contribution in [0, 0.1) is 11.6 Å². The van der Waals surface area contributed by atoms with Crippen LogP contribution in [0.15, 0.2) is 17.2 Å². The van der Waals surface area contributed by atoms with Gasteiger partial charge in [0.2, 0.25) is 5.82 Å². The zero-order chi connectivity index (χ0) is 26.6. The largest absolute Gasteiger partial charge is 0.489 e. The number of carboxylic acids is 3. The van der Waals surface area contributed by atoms with E-state index in [1.807, 2.05) is 11.9 Å². The maximum absolute atomic E-state index is 14.4. The molecule has 1 aliphatic rings. The van der Waals surface area contributed by atoms with Gasteiger partial charge in [0.25, 0.3) is 0 Å². The van der Waals surface area contributed by atoms with Gasteiger partial charge in [-0.2, -0.15) is 9.49 Å². The number of halogens is 2. The third kappa shape index (κ3) is 8.76. The lowest BCUT2D eigenvalue weighted by Gasteiger charge is -2.32. The van der Waals surface area contributed by atoms with E-state index in [4.69, 9.17) is 29.3 Å². The van der Waals surface area contributed by atoms with Crippen LogP contribution in [0.1, 0.15) is 31.2 Å². The molecule has 35 heavy (non-hydrogen) atoms. The van der Waals surface area contributed by atoms with Crippen molar-refractivity contribution in [3.05, 3.63) is 29.3 Å². The molecule has 0 radical (unpaired) electrons. The van der Waals surface area contributed by atoms with Gasteiger partial charge in [-0.1, -0.05) is 12.8 Å². The lowest BCUT2D eigenvalue weighted by Crippen LogP contribution is -2.48. The normalized spacial score (nSPS) is 14.5. The molecular weight excluding hydrogens is 472 g/mol. The Kier molecular flexibility index (Phi) is 12.0. The number of methoxy groups -OCH3 is 1. The number of rotatable bonds is 11. The van der Waals surface area contributed by atoms with E-state index in [9.17, 15) is 18.7 Å². The molecule has 2 rings (SSSR count). The van der Waals surface area contributed by atoms with Gasteiger partial charge in [-0.25, -0.2) is 18.8 Å². The van der Waals surface area contributed by atoms with Crippen LogP contribution in [-0.2, 0) is 19.1 Å². The molecule has 0 amide bonds. The fraction of sp³-hybridized carbons (Fsp3) is 0.545. The number of hydrogen-bond donors (Lipinski definition) is 3. The maximum atomic E-state index is 14.4. The standard InChI is InChI=1S/C20H29F2N3O4.C2H2O4/c1-24(10-12-28-3)11-13-29-16-7-6-15(17(21)18(16)22)14-23-25(2)20(19(26)27)8-4-5-9-20;3-1(4)2(5)6/h6-7,14H,4-5,8-13H2,1-3H3,(H,26,27);(H,3,4)(H,5,6). The van der Waals surface area contributed by atoms with E-state index >= 15 is 0 Å². The number of carbonyl (C=O) groups is 3. The molecule has 0 spiro atoms. The van der Waals surface area contributed by atoms with Crippen molar-refractivity contribution in [1.29, 1.82) is 0 Å². The van der Waals surface area contributed by atoms with Gasteiger partial charge < -0.3 is 29.7 Å². The summed E-state index contributed by atoms with van der Waals surface area (Å²) in [6, 6.07) is 2.71. The fourth-order valence-corrected chi connectivity index (χ4v) is 3.32. The van der Waals surface area contributed by atoms with Crippen molar-refractivity contribution in [2.24, 2.45) is 5.10 Å². The lowest BCUT2D eigenvalue weighted by molar-refractivity contribution is -0.159.